The normalized spacial score (nSPS) is 17.7. The maximum absolute atomic E-state index is 12.2. The highest BCUT2D eigenvalue weighted by Crippen LogP contribution is 2.32. The van der Waals surface area contributed by atoms with Crippen LogP contribution in [0.25, 0.3) is 0 Å². The van der Waals surface area contributed by atoms with E-state index in [1.807, 2.05) is 0 Å². The molecule has 1 atom stereocenters. The Hall–Kier alpha value is -1.39. The van der Waals surface area contributed by atoms with E-state index in [9.17, 15) is 4.79 Å². The van der Waals surface area contributed by atoms with E-state index in [-0.39, 0.29) is 23.4 Å². The lowest BCUT2D eigenvalue weighted by atomic mass is 9.82. The third kappa shape index (κ3) is 5.63. The molecule has 0 radical (unpaired) electrons. The predicted molar refractivity (Wildman–Crippen MR) is 93.4 cm³/mol. The van der Waals surface area contributed by atoms with Gasteiger partial charge >= 0.3 is 0 Å². The lowest BCUT2D eigenvalue weighted by Gasteiger charge is -2.32. The van der Waals surface area contributed by atoms with Crippen LogP contribution in [0.1, 0.15) is 50.8 Å². The second-order valence-electron chi connectivity index (χ2n) is 7.55. The van der Waals surface area contributed by atoms with Crippen molar-refractivity contribution in [2.24, 2.45) is 5.41 Å². The van der Waals surface area contributed by atoms with E-state index < -0.39 is 0 Å². The van der Waals surface area contributed by atoms with Gasteiger partial charge in [0, 0.05) is 25.3 Å². The summed E-state index contributed by atoms with van der Waals surface area (Å²) in [4.78, 5) is 12.2. The van der Waals surface area contributed by atoms with E-state index in [0.717, 1.165) is 26.1 Å². The molecule has 23 heavy (non-hydrogen) atoms. The van der Waals surface area contributed by atoms with Crippen LogP contribution >= 0.6 is 0 Å². The van der Waals surface area contributed by atoms with Crippen LogP contribution in [0.2, 0.25) is 0 Å². The molecule has 1 aliphatic rings. The molecule has 1 fully saturated rings. The molecule has 128 valence electrons. The summed E-state index contributed by atoms with van der Waals surface area (Å²) in [5.74, 6) is 0.0683. The first kappa shape index (κ1) is 18.0. The van der Waals surface area contributed by atoms with Gasteiger partial charge in [-0.3, -0.25) is 4.79 Å². The summed E-state index contributed by atoms with van der Waals surface area (Å²) in [6.45, 7) is 10.5. The number of amides is 1. The summed E-state index contributed by atoms with van der Waals surface area (Å²) >= 11 is 0. The van der Waals surface area contributed by atoms with Gasteiger partial charge in [0.25, 0.3) is 0 Å². The number of ether oxygens (including phenoxy) is 1. The minimum Gasteiger partial charge on any atom is -0.381 e. The zero-order valence-corrected chi connectivity index (χ0v) is 14.8. The molecule has 1 amide bonds. The maximum Gasteiger partial charge on any atom is 0.234 e. The predicted octanol–water partition coefficient (Wildman–Crippen LogP) is 2.97. The van der Waals surface area contributed by atoms with Crippen molar-refractivity contribution in [1.82, 2.24) is 10.6 Å². The first-order valence-electron chi connectivity index (χ1n) is 8.53. The quantitative estimate of drug-likeness (QED) is 0.877. The number of hydrogen-bond donors (Lipinski definition) is 2. The number of carbonyl (C=O) groups excluding carboxylic acids is 1. The lowest BCUT2D eigenvalue weighted by Crippen LogP contribution is -2.45. The van der Waals surface area contributed by atoms with Crippen molar-refractivity contribution in [1.29, 1.82) is 0 Å². The van der Waals surface area contributed by atoms with E-state index >= 15 is 0 Å². The average molecular weight is 318 g/mol. The zero-order chi connectivity index (χ0) is 16.9. The third-order valence-electron chi connectivity index (χ3n) is 4.29. The second-order valence-corrected chi connectivity index (χ2v) is 7.55. The van der Waals surface area contributed by atoms with Gasteiger partial charge in [-0.25, -0.2) is 0 Å². The van der Waals surface area contributed by atoms with Crippen molar-refractivity contribution < 1.29 is 9.53 Å². The van der Waals surface area contributed by atoms with Gasteiger partial charge in [-0.15, -0.1) is 0 Å². The molecule has 1 aromatic carbocycles. The van der Waals surface area contributed by atoms with E-state index in [4.69, 9.17) is 4.74 Å². The molecule has 1 aromatic rings. The topological polar surface area (TPSA) is 50.4 Å². The Bertz CT molecular complexity index is 516. The molecular formula is C19H30N2O2. The van der Waals surface area contributed by atoms with Gasteiger partial charge in [0.15, 0.2) is 0 Å². The van der Waals surface area contributed by atoms with Crippen molar-refractivity contribution in [3.05, 3.63) is 35.4 Å². The molecule has 4 nitrogen and oxygen atoms in total. The number of nitrogens with one attached hydrogen (secondary N) is 2. The van der Waals surface area contributed by atoms with E-state index in [1.54, 1.807) is 0 Å². The molecule has 0 bridgehead atoms. The standard InChI is InChI=1S/C19H30N2O2/c1-14-6-5-7-15(12-14)18(19(2,3)4)20-13-17(22)21-16-8-10-23-11-9-16/h5-7,12,16,18,20H,8-11,13H2,1-4H3,(H,21,22)/t18-/m0/s1. The van der Waals surface area contributed by atoms with Crippen LogP contribution in [0.15, 0.2) is 24.3 Å². The van der Waals surface area contributed by atoms with Crippen molar-refractivity contribution in [3.8, 4) is 0 Å². The second kappa shape index (κ2) is 7.93. The summed E-state index contributed by atoms with van der Waals surface area (Å²) in [5, 5.41) is 6.56. The maximum atomic E-state index is 12.2. The Morgan fingerprint density at radius 1 is 1.30 bits per heavy atom. The smallest absolute Gasteiger partial charge is 0.234 e. The van der Waals surface area contributed by atoms with E-state index in [2.05, 4.69) is 62.6 Å². The number of rotatable bonds is 5. The summed E-state index contributed by atoms with van der Waals surface area (Å²) in [7, 11) is 0. The number of carbonyl (C=O) groups is 1. The molecule has 0 unspecified atom stereocenters. The average Bonchev–Trinajstić information content (AvgIpc) is 2.47. The van der Waals surface area contributed by atoms with Gasteiger partial charge in [-0.2, -0.15) is 0 Å². The van der Waals surface area contributed by atoms with Crippen LogP contribution < -0.4 is 10.6 Å². The molecule has 1 saturated heterocycles. The summed E-state index contributed by atoms with van der Waals surface area (Å²) in [6, 6.07) is 8.90. The van der Waals surface area contributed by atoms with Gasteiger partial charge in [0.05, 0.1) is 6.54 Å². The number of benzene rings is 1. The van der Waals surface area contributed by atoms with Crippen LogP contribution in [-0.4, -0.2) is 31.7 Å². The monoisotopic (exact) mass is 318 g/mol. The van der Waals surface area contributed by atoms with Crippen LogP contribution in [0.3, 0.4) is 0 Å². The molecule has 1 heterocycles. The van der Waals surface area contributed by atoms with Crippen LogP contribution in [0.5, 0.6) is 0 Å². The number of aryl methyl sites for hydroxylation is 1. The minimum absolute atomic E-state index is 0.0345. The van der Waals surface area contributed by atoms with E-state index in [0.29, 0.717) is 6.54 Å². The molecule has 0 saturated carbocycles. The highest BCUT2D eigenvalue weighted by atomic mass is 16.5. The Morgan fingerprint density at radius 3 is 2.61 bits per heavy atom. The van der Waals surface area contributed by atoms with E-state index in [1.165, 1.54) is 11.1 Å². The largest absolute Gasteiger partial charge is 0.381 e. The summed E-state index contributed by atoms with van der Waals surface area (Å²) in [6.07, 6.45) is 1.82. The molecule has 0 spiro atoms. The lowest BCUT2D eigenvalue weighted by molar-refractivity contribution is -0.121. The molecule has 1 aliphatic heterocycles. The molecule has 4 heteroatoms. The highest BCUT2D eigenvalue weighted by Gasteiger charge is 2.27. The Kier molecular flexibility index (Phi) is 6.19. The highest BCUT2D eigenvalue weighted by molar-refractivity contribution is 5.78. The SMILES string of the molecule is Cc1cccc([C@H](NCC(=O)NC2CCOCC2)C(C)(C)C)c1. The van der Waals surface area contributed by atoms with Gasteiger partial charge in [-0.1, -0.05) is 50.6 Å². The van der Waals surface area contributed by atoms with Crippen LogP contribution in [0.4, 0.5) is 0 Å². The molecule has 2 N–H and O–H groups in total. The van der Waals surface area contributed by atoms with Crippen molar-refractivity contribution in [3.63, 3.8) is 0 Å². The fourth-order valence-electron chi connectivity index (χ4n) is 3.09. The van der Waals surface area contributed by atoms with Gasteiger partial charge in [0.1, 0.15) is 0 Å². The number of hydrogen-bond acceptors (Lipinski definition) is 3. The zero-order valence-electron chi connectivity index (χ0n) is 14.8. The molecule has 0 aliphatic carbocycles. The Labute approximate surface area is 140 Å². The molecular weight excluding hydrogens is 288 g/mol. The third-order valence-corrected chi connectivity index (χ3v) is 4.29. The fourth-order valence-corrected chi connectivity index (χ4v) is 3.09. The van der Waals surface area contributed by atoms with Crippen molar-refractivity contribution >= 4 is 5.91 Å². The Morgan fingerprint density at radius 2 is 2.00 bits per heavy atom. The minimum atomic E-state index is 0.0345. The molecule has 0 aromatic heterocycles. The molecule has 2 rings (SSSR count). The van der Waals surface area contributed by atoms with Gasteiger partial charge in [-0.05, 0) is 30.7 Å². The Balaban J connectivity index is 1.94. The van der Waals surface area contributed by atoms with Crippen molar-refractivity contribution in [2.45, 2.75) is 52.6 Å². The fraction of sp³-hybridized carbons (Fsp3) is 0.632. The summed E-state index contributed by atoms with van der Waals surface area (Å²) in [5.41, 5.74) is 2.51. The van der Waals surface area contributed by atoms with Gasteiger partial charge < -0.3 is 15.4 Å². The van der Waals surface area contributed by atoms with Gasteiger partial charge in [0.2, 0.25) is 5.91 Å². The first-order valence-corrected chi connectivity index (χ1v) is 8.53. The summed E-state index contributed by atoms with van der Waals surface area (Å²) < 4.78 is 5.33. The van der Waals surface area contributed by atoms with Crippen molar-refractivity contribution in [2.75, 3.05) is 19.8 Å². The van der Waals surface area contributed by atoms with Crippen LogP contribution in [0, 0.1) is 12.3 Å². The van der Waals surface area contributed by atoms with Crippen LogP contribution in [-0.2, 0) is 9.53 Å². The first-order chi connectivity index (χ1) is 10.9.